The van der Waals surface area contributed by atoms with E-state index in [0.29, 0.717) is 45.2 Å². The summed E-state index contributed by atoms with van der Waals surface area (Å²) in [6.45, 7) is 2.16. The standard InChI is InChI=1S/C21H21N3O5S2/c1-3-28-16-7-5-4-6-15(16)23-19(25)12-29-17-9-8-14(10-18(17)27-2)11-22-24-20(26)13-31-21(24)30/h4-11H,3,12-13H2,1-2H3,(H,23,25)/b22-11+. The third-order valence-corrected chi connectivity index (χ3v) is 5.40. The Morgan fingerprint density at radius 3 is 2.74 bits per heavy atom. The lowest BCUT2D eigenvalue weighted by Crippen LogP contribution is -2.22. The summed E-state index contributed by atoms with van der Waals surface area (Å²) in [7, 11) is 1.50. The zero-order valence-corrected chi connectivity index (χ0v) is 18.6. The molecule has 8 nitrogen and oxygen atoms in total. The predicted molar refractivity (Wildman–Crippen MR) is 124 cm³/mol. The molecule has 1 saturated heterocycles. The third kappa shape index (κ3) is 5.96. The Morgan fingerprint density at radius 1 is 1.23 bits per heavy atom. The van der Waals surface area contributed by atoms with Crippen LogP contribution in [0.1, 0.15) is 12.5 Å². The first-order valence-corrected chi connectivity index (χ1v) is 10.8. The zero-order valence-electron chi connectivity index (χ0n) is 17.0. The van der Waals surface area contributed by atoms with Crippen LogP contribution in [-0.4, -0.2) is 53.4 Å². The smallest absolute Gasteiger partial charge is 0.262 e. The minimum Gasteiger partial charge on any atom is -0.493 e. The highest BCUT2D eigenvalue weighted by Gasteiger charge is 2.26. The van der Waals surface area contributed by atoms with Gasteiger partial charge in [0.1, 0.15) is 5.75 Å². The number of benzene rings is 2. The molecule has 1 heterocycles. The Hall–Kier alpha value is -3.11. The number of methoxy groups -OCH3 is 1. The molecule has 162 valence electrons. The number of amides is 2. The normalized spacial score (nSPS) is 13.5. The SMILES string of the molecule is CCOc1ccccc1NC(=O)COc1ccc(/C=N/N2C(=O)CSC2=S)cc1OC. The average Bonchev–Trinajstić information content (AvgIpc) is 3.09. The van der Waals surface area contributed by atoms with Crippen molar-refractivity contribution >= 4 is 52.0 Å². The van der Waals surface area contributed by atoms with Gasteiger partial charge in [-0.05, 0) is 42.8 Å². The van der Waals surface area contributed by atoms with Crippen molar-refractivity contribution in [3.8, 4) is 17.2 Å². The number of carbonyl (C=O) groups excluding carboxylic acids is 2. The monoisotopic (exact) mass is 459 g/mol. The summed E-state index contributed by atoms with van der Waals surface area (Å²) in [5.74, 6) is 1.22. The highest BCUT2D eigenvalue weighted by molar-refractivity contribution is 8.23. The predicted octanol–water partition coefficient (Wildman–Crippen LogP) is 3.31. The van der Waals surface area contributed by atoms with E-state index in [-0.39, 0.29) is 18.4 Å². The molecule has 10 heteroatoms. The summed E-state index contributed by atoms with van der Waals surface area (Å²) >= 11 is 6.37. The third-order valence-electron chi connectivity index (χ3n) is 4.06. The van der Waals surface area contributed by atoms with E-state index in [1.54, 1.807) is 30.3 Å². The molecule has 2 aromatic carbocycles. The first-order valence-electron chi connectivity index (χ1n) is 9.38. The van der Waals surface area contributed by atoms with Gasteiger partial charge in [0, 0.05) is 0 Å². The van der Waals surface area contributed by atoms with Crippen LogP contribution in [0.5, 0.6) is 17.2 Å². The van der Waals surface area contributed by atoms with Crippen molar-refractivity contribution in [2.24, 2.45) is 5.10 Å². The van der Waals surface area contributed by atoms with Gasteiger partial charge in [0.2, 0.25) is 0 Å². The largest absolute Gasteiger partial charge is 0.493 e. The second-order valence-electron chi connectivity index (χ2n) is 6.18. The van der Waals surface area contributed by atoms with Crippen LogP contribution in [0, 0.1) is 0 Å². The topological polar surface area (TPSA) is 89.5 Å². The van der Waals surface area contributed by atoms with Gasteiger partial charge < -0.3 is 19.5 Å². The molecule has 1 aliphatic rings. The highest BCUT2D eigenvalue weighted by Crippen LogP contribution is 2.28. The first-order chi connectivity index (χ1) is 15.0. The molecule has 2 aromatic rings. The fraction of sp³-hybridized carbons (Fsp3) is 0.238. The Morgan fingerprint density at radius 2 is 2.03 bits per heavy atom. The quantitative estimate of drug-likeness (QED) is 0.455. The number of ether oxygens (including phenoxy) is 3. The molecule has 1 N–H and O–H groups in total. The van der Waals surface area contributed by atoms with Crippen molar-refractivity contribution in [3.63, 3.8) is 0 Å². The molecule has 1 fully saturated rings. The van der Waals surface area contributed by atoms with Gasteiger partial charge in [-0.1, -0.05) is 36.1 Å². The molecule has 2 amide bonds. The van der Waals surface area contributed by atoms with Gasteiger partial charge in [-0.15, -0.1) is 0 Å². The van der Waals surface area contributed by atoms with Gasteiger partial charge >= 0.3 is 0 Å². The van der Waals surface area contributed by atoms with Gasteiger partial charge in [0.05, 0.1) is 31.4 Å². The van der Waals surface area contributed by atoms with Crippen LogP contribution in [-0.2, 0) is 9.59 Å². The van der Waals surface area contributed by atoms with Crippen LogP contribution in [0.4, 0.5) is 5.69 Å². The number of thioether (sulfide) groups is 1. The van der Waals surface area contributed by atoms with Gasteiger partial charge in [-0.3, -0.25) is 9.59 Å². The van der Waals surface area contributed by atoms with Crippen LogP contribution in [0.2, 0.25) is 0 Å². The van der Waals surface area contributed by atoms with E-state index in [4.69, 9.17) is 26.4 Å². The first kappa shape index (κ1) is 22.6. The molecule has 0 unspecified atom stereocenters. The minimum absolute atomic E-state index is 0.157. The molecule has 3 rings (SSSR count). The second kappa shape index (κ2) is 10.8. The molecule has 1 aliphatic heterocycles. The Labute approximate surface area is 189 Å². The lowest BCUT2D eigenvalue weighted by atomic mass is 10.2. The Bertz CT molecular complexity index is 996. The molecule has 0 aromatic heterocycles. The molecular weight excluding hydrogens is 438 g/mol. The van der Waals surface area contributed by atoms with E-state index in [1.165, 1.54) is 30.1 Å². The summed E-state index contributed by atoms with van der Waals surface area (Å²) < 4.78 is 16.9. The van der Waals surface area contributed by atoms with Crippen molar-refractivity contribution < 1.29 is 23.8 Å². The maximum Gasteiger partial charge on any atom is 0.262 e. The van der Waals surface area contributed by atoms with Crippen LogP contribution in [0.3, 0.4) is 0 Å². The number of hydrazone groups is 1. The number of anilines is 1. The molecule has 0 aliphatic carbocycles. The summed E-state index contributed by atoms with van der Waals surface area (Å²) in [5.41, 5.74) is 1.26. The van der Waals surface area contributed by atoms with Gasteiger partial charge in [0.25, 0.3) is 11.8 Å². The van der Waals surface area contributed by atoms with Crippen LogP contribution >= 0.6 is 24.0 Å². The van der Waals surface area contributed by atoms with Gasteiger partial charge in [0.15, 0.2) is 22.4 Å². The number of rotatable bonds is 9. The minimum atomic E-state index is -0.335. The van der Waals surface area contributed by atoms with Crippen molar-refractivity contribution in [1.82, 2.24) is 5.01 Å². The molecule has 0 radical (unpaired) electrons. The van der Waals surface area contributed by atoms with Crippen molar-refractivity contribution in [2.45, 2.75) is 6.92 Å². The fourth-order valence-electron chi connectivity index (χ4n) is 2.65. The van der Waals surface area contributed by atoms with Crippen molar-refractivity contribution in [2.75, 3.05) is 31.4 Å². The Balaban J connectivity index is 1.62. The summed E-state index contributed by atoms with van der Waals surface area (Å²) in [5, 5.41) is 8.10. The molecule has 0 atom stereocenters. The summed E-state index contributed by atoms with van der Waals surface area (Å²) in [6, 6.07) is 12.3. The average molecular weight is 460 g/mol. The number of nitrogens with one attached hydrogen (secondary N) is 1. The number of hydrogen-bond donors (Lipinski definition) is 1. The highest BCUT2D eigenvalue weighted by atomic mass is 32.2. The van der Waals surface area contributed by atoms with E-state index in [0.717, 1.165) is 0 Å². The molecule has 0 saturated carbocycles. The number of nitrogens with zero attached hydrogens (tertiary/aromatic N) is 2. The maximum absolute atomic E-state index is 12.3. The van der Waals surface area contributed by atoms with Crippen molar-refractivity contribution in [3.05, 3.63) is 48.0 Å². The van der Waals surface area contributed by atoms with Crippen molar-refractivity contribution in [1.29, 1.82) is 0 Å². The van der Waals surface area contributed by atoms with Crippen LogP contribution in [0.15, 0.2) is 47.6 Å². The molecular formula is C21H21N3O5S2. The lowest BCUT2D eigenvalue weighted by molar-refractivity contribution is -0.124. The van der Waals surface area contributed by atoms with Crippen LogP contribution in [0.25, 0.3) is 0 Å². The number of carbonyl (C=O) groups is 2. The number of para-hydroxylation sites is 2. The van der Waals surface area contributed by atoms with E-state index >= 15 is 0 Å². The van der Waals surface area contributed by atoms with Crippen LogP contribution < -0.4 is 19.5 Å². The molecule has 0 spiro atoms. The van der Waals surface area contributed by atoms with E-state index < -0.39 is 0 Å². The number of hydrogen-bond acceptors (Lipinski definition) is 8. The second-order valence-corrected chi connectivity index (χ2v) is 7.79. The maximum atomic E-state index is 12.3. The van der Waals surface area contributed by atoms with E-state index in [1.807, 2.05) is 19.1 Å². The van der Waals surface area contributed by atoms with E-state index in [9.17, 15) is 9.59 Å². The van der Waals surface area contributed by atoms with Gasteiger partial charge in [-0.2, -0.15) is 10.1 Å². The van der Waals surface area contributed by atoms with E-state index in [2.05, 4.69) is 10.4 Å². The lowest BCUT2D eigenvalue weighted by Gasteiger charge is -2.13. The number of thiocarbonyl (C=S) groups is 1. The zero-order chi connectivity index (χ0) is 22.2. The summed E-state index contributed by atoms with van der Waals surface area (Å²) in [6.07, 6.45) is 1.51. The van der Waals surface area contributed by atoms with Gasteiger partial charge in [-0.25, -0.2) is 0 Å². The molecule has 31 heavy (non-hydrogen) atoms. The Kier molecular flexibility index (Phi) is 7.85. The summed E-state index contributed by atoms with van der Waals surface area (Å²) in [4.78, 5) is 24.0. The fourth-order valence-corrected chi connectivity index (χ4v) is 3.61. The molecule has 0 bridgehead atoms.